The van der Waals surface area contributed by atoms with Gasteiger partial charge in [0.1, 0.15) is 5.82 Å². The van der Waals surface area contributed by atoms with Crippen molar-refractivity contribution in [3.05, 3.63) is 46.1 Å². The molecule has 0 saturated carbocycles. The van der Waals surface area contributed by atoms with Gasteiger partial charge in [-0.25, -0.2) is 4.98 Å². The third kappa shape index (κ3) is 5.91. The first-order valence-electron chi connectivity index (χ1n) is 9.71. The molecule has 0 bridgehead atoms. The second-order valence-corrected chi connectivity index (χ2v) is 7.10. The lowest BCUT2D eigenvalue weighted by Crippen LogP contribution is -2.23. The normalized spacial score (nSPS) is 12.2. The Balaban J connectivity index is 2.33. The van der Waals surface area contributed by atoms with Gasteiger partial charge in [-0.1, -0.05) is 31.5 Å². The highest BCUT2D eigenvalue weighted by Gasteiger charge is 2.16. The number of nitrogens with one attached hydrogen (secondary N) is 2. The average Bonchev–Trinajstić information content (AvgIpc) is 2.60. The molecule has 0 unspecified atom stereocenters. The SMILES string of the molecule is CCC[C@@H](CCO)Nc1nc(N)nc(C)c1Cc1ccc(CNC)cc1C. The lowest BCUT2D eigenvalue weighted by molar-refractivity contribution is 0.276. The van der Waals surface area contributed by atoms with Crippen LogP contribution < -0.4 is 16.4 Å². The second-order valence-electron chi connectivity index (χ2n) is 7.10. The van der Waals surface area contributed by atoms with Gasteiger partial charge in [0.2, 0.25) is 5.95 Å². The molecular formula is C21H33N5O. The Morgan fingerprint density at radius 1 is 1.19 bits per heavy atom. The van der Waals surface area contributed by atoms with Crippen LogP contribution >= 0.6 is 0 Å². The maximum atomic E-state index is 9.36. The van der Waals surface area contributed by atoms with Gasteiger partial charge in [0, 0.05) is 36.9 Å². The van der Waals surface area contributed by atoms with Gasteiger partial charge in [0.15, 0.2) is 0 Å². The summed E-state index contributed by atoms with van der Waals surface area (Å²) >= 11 is 0. The third-order valence-electron chi connectivity index (χ3n) is 4.84. The number of benzene rings is 1. The maximum Gasteiger partial charge on any atom is 0.222 e. The average molecular weight is 372 g/mol. The van der Waals surface area contributed by atoms with E-state index < -0.39 is 0 Å². The van der Waals surface area contributed by atoms with E-state index in [0.717, 1.165) is 42.9 Å². The molecule has 6 heteroatoms. The number of aromatic nitrogens is 2. The minimum atomic E-state index is 0.151. The maximum absolute atomic E-state index is 9.36. The van der Waals surface area contributed by atoms with E-state index in [1.165, 1.54) is 16.7 Å². The number of aliphatic hydroxyl groups is 1. The minimum absolute atomic E-state index is 0.151. The Labute approximate surface area is 162 Å². The molecule has 1 heterocycles. The van der Waals surface area contributed by atoms with Crippen molar-refractivity contribution in [2.45, 2.75) is 59.0 Å². The van der Waals surface area contributed by atoms with Crippen LogP contribution in [0, 0.1) is 13.8 Å². The molecule has 1 atom stereocenters. The number of hydrogen-bond acceptors (Lipinski definition) is 6. The number of aliphatic hydroxyl groups excluding tert-OH is 1. The lowest BCUT2D eigenvalue weighted by Gasteiger charge is -2.21. The zero-order valence-corrected chi connectivity index (χ0v) is 17.0. The van der Waals surface area contributed by atoms with Gasteiger partial charge in [-0.2, -0.15) is 4.98 Å². The smallest absolute Gasteiger partial charge is 0.222 e. The van der Waals surface area contributed by atoms with Crippen LogP contribution in [0.3, 0.4) is 0 Å². The van der Waals surface area contributed by atoms with E-state index >= 15 is 0 Å². The molecule has 0 aliphatic heterocycles. The van der Waals surface area contributed by atoms with Crippen LogP contribution in [-0.2, 0) is 13.0 Å². The molecule has 0 spiro atoms. The molecule has 1 aromatic heterocycles. The van der Waals surface area contributed by atoms with Crippen molar-refractivity contribution in [3.63, 3.8) is 0 Å². The molecule has 5 N–H and O–H groups in total. The van der Waals surface area contributed by atoms with Crippen LogP contribution in [0.1, 0.15) is 54.1 Å². The van der Waals surface area contributed by atoms with Crippen molar-refractivity contribution in [2.24, 2.45) is 0 Å². The standard InChI is InChI=1S/C21H33N5O/c1-5-6-18(9-10-27)25-20-19(15(3)24-21(22)26-20)12-17-8-7-16(13-23-4)11-14(17)2/h7-8,11,18,23,27H,5-6,9-10,12-13H2,1-4H3,(H3,22,24,25,26)/t18-/m0/s1. The summed E-state index contributed by atoms with van der Waals surface area (Å²) in [5, 5.41) is 16.0. The number of nitrogens with zero attached hydrogens (tertiary/aromatic N) is 2. The molecule has 2 rings (SSSR count). The van der Waals surface area contributed by atoms with Gasteiger partial charge in [-0.15, -0.1) is 0 Å². The quantitative estimate of drug-likeness (QED) is 0.513. The van der Waals surface area contributed by atoms with Crippen molar-refractivity contribution in [1.82, 2.24) is 15.3 Å². The Bertz CT molecular complexity index is 742. The Hall–Kier alpha value is -2.18. The van der Waals surface area contributed by atoms with Crippen molar-refractivity contribution >= 4 is 11.8 Å². The van der Waals surface area contributed by atoms with Crippen LogP contribution in [0.2, 0.25) is 0 Å². The van der Waals surface area contributed by atoms with Crippen LogP contribution in [0.25, 0.3) is 0 Å². The molecule has 0 saturated heterocycles. The number of aryl methyl sites for hydroxylation is 2. The lowest BCUT2D eigenvalue weighted by atomic mass is 9.97. The monoisotopic (exact) mass is 371 g/mol. The fourth-order valence-corrected chi connectivity index (χ4v) is 3.40. The number of hydrogen-bond donors (Lipinski definition) is 4. The Morgan fingerprint density at radius 3 is 2.59 bits per heavy atom. The molecular weight excluding hydrogens is 338 g/mol. The minimum Gasteiger partial charge on any atom is -0.396 e. The van der Waals surface area contributed by atoms with Crippen LogP contribution in [0.15, 0.2) is 18.2 Å². The fourth-order valence-electron chi connectivity index (χ4n) is 3.40. The third-order valence-corrected chi connectivity index (χ3v) is 4.84. The highest BCUT2D eigenvalue weighted by atomic mass is 16.3. The zero-order chi connectivity index (χ0) is 19.8. The second kappa shape index (κ2) is 10.2. The Kier molecular flexibility index (Phi) is 8.00. The van der Waals surface area contributed by atoms with Crippen molar-refractivity contribution in [3.8, 4) is 0 Å². The predicted molar refractivity (Wildman–Crippen MR) is 112 cm³/mol. The van der Waals surface area contributed by atoms with E-state index in [-0.39, 0.29) is 18.6 Å². The highest BCUT2D eigenvalue weighted by molar-refractivity contribution is 5.52. The molecule has 27 heavy (non-hydrogen) atoms. The first-order valence-corrected chi connectivity index (χ1v) is 9.71. The van der Waals surface area contributed by atoms with Crippen molar-refractivity contribution < 1.29 is 5.11 Å². The number of nitrogens with two attached hydrogens (primary N) is 1. The van der Waals surface area contributed by atoms with Gasteiger partial charge < -0.3 is 21.5 Å². The van der Waals surface area contributed by atoms with E-state index in [1.807, 2.05) is 14.0 Å². The summed E-state index contributed by atoms with van der Waals surface area (Å²) in [6.07, 6.45) is 3.45. The summed E-state index contributed by atoms with van der Waals surface area (Å²) < 4.78 is 0. The van der Waals surface area contributed by atoms with Gasteiger partial charge in [-0.3, -0.25) is 0 Å². The molecule has 0 radical (unpaired) electrons. The fraction of sp³-hybridized carbons (Fsp3) is 0.524. The molecule has 0 aliphatic carbocycles. The first-order chi connectivity index (χ1) is 13.0. The summed E-state index contributed by atoms with van der Waals surface area (Å²) in [7, 11) is 1.95. The van der Waals surface area contributed by atoms with Crippen LogP contribution in [0.5, 0.6) is 0 Å². The number of rotatable bonds is 10. The largest absolute Gasteiger partial charge is 0.396 e. The van der Waals surface area contributed by atoms with E-state index in [2.05, 4.69) is 52.6 Å². The molecule has 6 nitrogen and oxygen atoms in total. The summed E-state index contributed by atoms with van der Waals surface area (Å²) in [6.45, 7) is 7.27. The topological polar surface area (TPSA) is 96.1 Å². The Morgan fingerprint density at radius 2 is 1.96 bits per heavy atom. The van der Waals surface area contributed by atoms with Crippen LogP contribution in [0.4, 0.5) is 11.8 Å². The van der Waals surface area contributed by atoms with E-state index in [1.54, 1.807) is 0 Å². The van der Waals surface area contributed by atoms with Crippen molar-refractivity contribution in [2.75, 3.05) is 24.7 Å². The molecule has 1 aromatic carbocycles. The van der Waals surface area contributed by atoms with Crippen molar-refractivity contribution in [1.29, 1.82) is 0 Å². The van der Waals surface area contributed by atoms with Crippen LogP contribution in [-0.4, -0.2) is 34.8 Å². The summed E-state index contributed by atoms with van der Waals surface area (Å²) in [4.78, 5) is 8.85. The summed E-state index contributed by atoms with van der Waals surface area (Å²) in [5.74, 6) is 1.06. The van der Waals surface area contributed by atoms with E-state index in [9.17, 15) is 5.11 Å². The number of anilines is 2. The molecule has 0 amide bonds. The van der Waals surface area contributed by atoms with E-state index in [0.29, 0.717) is 6.42 Å². The van der Waals surface area contributed by atoms with E-state index in [4.69, 9.17) is 5.73 Å². The van der Waals surface area contributed by atoms with Gasteiger partial charge in [0.25, 0.3) is 0 Å². The summed E-state index contributed by atoms with van der Waals surface area (Å²) in [6, 6.07) is 6.73. The highest BCUT2D eigenvalue weighted by Crippen LogP contribution is 2.25. The molecule has 148 valence electrons. The zero-order valence-electron chi connectivity index (χ0n) is 17.0. The molecule has 2 aromatic rings. The van der Waals surface area contributed by atoms with Gasteiger partial charge in [0.05, 0.1) is 0 Å². The summed E-state index contributed by atoms with van der Waals surface area (Å²) in [5.41, 5.74) is 11.6. The molecule has 0 fully saturated rings. The van der Waals surface area contributed by atoms with Gasteiger partial charge >= 0.3 is 0 Å². The first kappa shape index (κ1) is 21.1. The van der Waals surface area contributed by atoms with Gasteiger partial charge in [-0.05, 0) is 50.4 Å². The predicted octanol–water partition coefficient (Wildman–Crippen LogP) is 2.95. The molecule has 0 aliphatic rings. The number of nitrogen functional groups attached to an aromatic ring is 1.